The lowest BCUT2D eigenvalue weighted by Gasteiger charge is -2.28. The highest BCUT2D eigenvalue weighted by Gasteiger charge is 2.24. The fourth-order valence-electron chi connectivity index (χ4n) is 7.56. The molecule has 0 rings (SSSR count). The first-order valence-corrected chi connectivity index (χ1v) is 26.5. The quantitative estimate of drug-likeness (QED) is 0.0594. The van der Waals surface area contributed by atoms with E-state index in [-0.39, 0.29) is 22.7 Å². The van der Waals surface area contributed by atoms with E-state index in [1.165, 1.54) is 211 Å². The van der Waals surface area contributed by atoms with E-state index >= 15 is 0 Å². The molecule has 0 aliphatic carbocycles. The summed E-state index contributed by atoms with van der Waals surface area (Å²) in [5, 5.41) is 6.13. The van der Waals surface area contributed by atoms with Gasteiger partial charge in [0.1, 0.15) is 6.61 Å². The van der Waals surface area contributed by atoms with Crippen molar-refractivity contribution in [3.8, 4) is 0 Å². The molecule has 0 saturated heterocycles. The van der Waals surface area contributed by atoms with Crippen LogP contribution in [0.4, 0.5) is 9.59 Å². The van der Waals surface area contributed by atoms with Crippen LogP contribution in [0.3, 0.4) is 0 Å². The second-order valence-electron chi connectivity index (χ2n) is 19.0. The van der Waals surface area contributed by atoms with Crippen LogP contribution in [-0.4, -0.2) is 61.2 Å². The Bertz CT molecular complexity index is 917. The molecule has 1 unspecified atom stereocenters. The highest BCUT2D eigenvalue weighted by Crippen LogP contribution is 2.21. The first kappa shape index (κ1) is 58.0. The van der Waals surface area contributed by atoms with Crippen molar-refractivity contribution in [1.82, 2.24) is 10.6 Å². The van der Waals surface area contributed by atoms with Crippen LogP contribution in [-0.2, 0) is 14.2 Å². The van der Waals surface area contributed by atoms with Crippen LogP contribution in [0.1, 0.15) is 266 Å². The molecule has 0 bridgehead atoms. The van der Waals surface area contributed by atoms with E-state index in [4.69, 9.17) is 14.2 Å². The fraction of sp³-hybridized carbons (Fsp3) is 0.961. The summed E-state index contributed by atoms with van der Waals surface area (Å²) in [7, 11) is 1.71. The lowest BCUT2D eigenvalue weighted by atomic mass is 10.0. The summed E-state index contributed by atoms with van der Waals surface area (Å²) in [5.74, 6) is 0. The molecule has 0 radical (unpaired) electrons. The lowest BCUT2D eigenvalue weighted by Crippen LogP contribution is -2.38. The van der Waals surface area contributed by atoms with E-state index in [0.29, 0.717) is 13.2 Å². The summed E-state index contributed by atoms with van der Waals surface area (Å²) in [6, 6.07) is 0. The molecule has 1 atom stereocenters. The van der Waals surface area contributed by atoms with Crippen molar-refractivity contribution in [3.63, 3.8) is 0 Å². The molecule has 0 spiro atoms. The minimum Gasteiger partial charge on any atom is -0.447 e. The van der Waals surface area contributed by atoms with E-state index in [0.717, 1.165) is 32.2 Å². The van der Waals surface area contributed by atoms with Gasteiger partial charge in [-0.2, -0.15) is 0 Å². The van der Waals surface area contributed by atoms with Crippen LogP contribution in [0.5, 0.6) is 0 Å². The molecule has 0 saturated carbocycles. The van der Waals surface area contributed by atoms with Crippen LogP contribution in [0.2, 0.25) is 0 Å². The topological polar surface area (TPSA) is 85.9 Å². The number of rotatable bonds is 45. The van der Waals surface area contributed by atoms with Gasteiger partial charge in [-0.15, -0.1) is 0 Å². The Hall–Kier alpha value is -0.990. The first-order valence-electron chi connectivity index (χ1n) is 25.6. The highest BCUT2D eigenvalue weighted by molar-refractivity contribution is 8.14. The summed E-state index contributed by atoms with van der Waals surface area (Å²) in [6.45, 7) is 14.3. The van der Waals surface area contributed by atoms with Crippen LogP contribution >= 0.6 is 11.8 Å². The van der Waals surface area contributed by atoms with Gasteiger partial charge >= 0.3 is 6.09 Å². The van der Waals surface area contributed by atoms with Gasteiger partial charge in [-0.3, -0.25) is 4.79 Å². The smallest absolute Gasteiger partial charge is 0.407 e. The fourth-order valence-corrected chi connectivity index (χ4v) is 8.50. The average molecular weight is 855 g/mol. The number of alkyl carbamates (subject to hydrolysis) is 1. The molecule has 0 fully saturated rings. The third-order valence-corrected chi connectivity index (χ3v) is 13.1. The maximum Gasteiger partial charge on any atom is 0.407 e. The molecule has 2 N–H and O–H groups in total. The summed E-state index contributed by atoms with van der Waals surface area (Å²) in [5.41, 5.74) is -0.861. The Kier molecular flexibility index (Phi) is 41.6. The Morgan fingerprint density at radius 2 is 0.881 bits per heavy atom. The number of unbranched alkanes of at least 4 members (excludes halogenated alkanes) is 31. The van der Waals surface area contributed by atoms with Gasteiger partial charge in [0.05, 0.1) is 17.8 Å². The van der Waals surface area contributed by atoms with E-state index in [2.05, 4.69) is 24.5 Å². The van der Waals surface area contributed by atoms with Gasteiger partial charge in [-0.25, -0.2) is 4.79 Å². The molecule has 7 nitrogen and oxygen atoms in total. The molecule has 0 heterocycles. The Morgan fingerprint density at radius 1 is 0.508 bits per heavy atom. The van der Waals surface area contributed by atoms with Crippen LogP contribution in [0.25, 0.3) is 0 Å². The van der Waals surface area contributed by atoms with Gasteiger partial charge in [0.2, 0.25) is 0 Å². The Labute approximate surface area is 372 Å². The zero-order valence-corrected chi connectivity index (χ0v) is 41.4. The number of thioether (sulfide) groups is 1. The van der Waals surface area contributed by atoms with E-state index < -0.39 is 11.7 Å². The standard InChI is InChI=1S/C51H102N2O5S/c1-8-10-12-14-16-18-20-22-24-26-27-29-31-33-35-37-39-41-47(45-53-48(54)57-46-51(5,6)58-44-42-50(3,4)56-7)59-49(55)52-43-40-38-36-34-32-30-28-25-23-21-19-17-15-13-11-9-2/h47H,8-46H2,1-7H3,(H,52,55)(H,53,54). The normalized spacial score (nSPS) is 12.5. The number of carbonyl (C=O) groups excluding carboxylic acids is 2. The number of amides is 2. The van der Waals surface area contributed by atoms with Crippen LogP contribution < -0.4 is 10.6 Å². The van der Waals surface area contributed by atoms with E-state index in [1.807, 2.05) is 27.7 Å². The van der Waals surface area contributed by atoms with Crippen molar-refractivity contribution in [1.29, 1.82) is 0 Å². The van der Waals surface area contributed by atoms with Gasteiger partial charge in [0, 0.05) is 25.4 Å². The maximum absolute atomic E-state index is 13.0. The maximum atomic E-state index is 13.0. The summed E-state index contributed by atoms with van der Waals surface area (Å²) < 4.78 is 17.1. The molecule has 0 aromatic heterocycles. The molecule has 352 valence electrons. The number of ether oxygens (including phenoxy) is 3. The van der Waals surface area contributed by atoms with Crippen molar-refractivity contribution in [2.24, 2.45) is 0 Å². The Balaban J connectivity index is 4.34. The number of nitrogens with one attached hydrogen (secondary N) is 2. The zero-order chi connectivity index (χ0) is 43.6. The Morgan fingerprint density at radius 3 is 1.27 bits per heavy atom. The average Bonchev–Trinajstić information content (AvgIpc) is 3.21. The van der Waals surface area contributed by atoms with Crippen LogP contribution in [0, 0.1) is 0 Å². The van der Waals surface area contributed by atoms with E-state index in [9.17, 15) is 9.59 Å². The van der Waals surface area contributed by atoms with Crippen molar-refractivity contribution in [2.75, 3.05) is 33.4 Å². The zero-order valence-electron chi connectivity index (χ0n) is 40.6. The molecule has 0 aliphatic rings. The predicted octanol–water partition coefficient (Wildman–Crippen LogP) is 16.4. The van der Waals surface area contributed by atoms with Crippen LogP contribution in [0.15, 0.2) is 0 Å². The van der Waals surface area contributed by atoms with Crippen molar-refractivity contribution >= 4 is 23.1 Å². The monoisotopic (exact) mass is 855 g/mol. The number of methoxy groups -OCH3 is 1. The van der Waals surface area contributed by atoms with Crippen molar-refractivity contribution in [2.45, 2.75) is 283 Å². The molecule has 0 aliphatic heterocycles. The predicted molar refractivity (Wildman–Crippen MR) is 258 cm³/mol. The van der Waals surface area contributed by atoms with Gasteiger partial charge < -0.3 is 24.8 Å². The molecule has 59 heavy (non-hydrogen) atoms. The molecular formula is C51H102N2O5S. The molecule has 0 aromatic rings. The highest BCUT2D eigenvalue weighted by atomic mass is 32.2. The minimum atomic E-state index is -0.602. The number of carbonyl (C=O) groups is 2. The minimum absolute atomic E-state index is 0.0187. The molecule has 2 amide bonds. The third-order valence-electron chi connectivity index (χ3n) is 12.0. The summed E-state index contributed by atoms with van der Waals surface area (Å²) >= 11 is 1.35. The lowest BCUT2D eigenvalue weighted by molar-refractivity contribution is -0.0807. The second kappa shape index (κ2) is 42.3. The molecule has 8 heteroatoms. The molecular weight excluding hydrogens is 753 g/mol. The van der Waals surface area contributed by atoms with Gasteiger partial charge in [0.15, 0.2) is 0 Å². The largest absolute Gasteiger partial charge is 0.447 e. The summed E-state index contributed by atoms with van der Waals surface area (Å²) in [4.78, 5) is 25.7. The first-order chi connectivity index (χ1) is 28.5. The van der Waals surface area contributed by atoms with Crippen molar-refractivity contribution in [3.05, 3.63) is 0 Å². The SMILES string of the molecule is CCCCCCCCCCCCCCCCCCCC(CNC(=O)OCC(C)(C)OCCC(C)(C)OC)SC(=O)NCCCCCCCCCCCCCCCCCC. The van der Waals surface area contributed by atoms with Gasteiger partial charge in [-0.05, 0) is 47.0 Å². The number of hydrogen-bond acceptors (Lipinski definition) is 6. The molecule has 0 aromatic carbocycles. The summed E-state index contributed by atoms with van der Waals surface area (Å²) in [6.07, 6.45) is 45.6. The second-order valence-corrected chi connectivity index (χ2v) is 20.3. The van der Waals surface area contributed by atoms with Gasteiger partial charge in [0.25, 0.3) is 5.24 Å². The van der Waals surface area contributed by atoms with Crippen molar-refractivity contribution < 1.29 is 23.8 Å². The number of hydrogen-bond donors (Lipinski definition) is 2. The van der Waals surface area contributed by atoms with Gasteiger partial charge in [-0.1, -0.05) is 231 Å². The van der Waals surface area contributed by atoms with E-state index in [1.54, 1.807) is 7.11 Å². The third kappa shape index (κ3) is 43.5.